The van der Waals surface area contributed by atoms with E-state index in [0.29, 0.717) is 0 Å². The van der Waals surface area contributed by atoms with Gasteiger partial charge in [-0.3, -0.25) is 4.90 Å². The molecule has 10 heteroatoms. The highest BCUT2D eigenvalue weighted by Gasteiger charge is 2.56. The fraction of sp³-hybridized carbons (Fsp3) is 0.909. The first kappa shape index (κ1) is 16.9. The maximum Gasteiger partial charge on any atom is 0.323 e. The topological polar surface area (TPSA) is 132 Å². The van der Waals surface area contributed by atoms with Crippen LogP contribution in [0.4, 0.5) is 4.79 Å². The first-order valence-electron chi connectivity index (χ1n) is 6.36. The number of nitrogens with zero attached hydrogens (tertiary/aromatic N) is 1. The van der Waals surface area contributed by atoms with Crippen LogP contribution in [0.2, 0.25) is 0 Å². The molecule has 0 aromatic carbocycles. The van der Waals surface area contributed by atoms with Gasteiger partial charge in [-0.1, -0.05) is 15.9 Å². The number of halogens is 1. The van der Waals surface area contributed by atoms with Crippen LogP contribution in [0.3, 0.4) is 0 Å². The number of nitrogens with one attached hydrogen (secondary N) is 1. The van der Waals surface area contributed by atoms with Gasteiger partial charge in [-0.25, -0.2) is 4.79 Å². The Kier molecular flexibility index (Phi) is 4.78. The lowest BCUT2D eigenvalue weighted by atomic mass is 10.0. The fourth-order valence-corrected chi connectivity index (χ4v) is 3.07. The molecular weight excluding hydrogens is 352 g/mol. The van der Waals surface area contributed by atoms with Crippen LogP contribution >= 0.6 is 15.9 Å². The Morgan fingerprint density at radius 2 is 2.05 bits per heavy atom. The summed E-state index contributed by atoms with van der Waals surface area (Å²) >= 11 is 3.29. The first-order valence-corrected chi connectivity index (χ1v) is 7.16. The predicted octanol–water partition coefficient (Wildman–Crippen LogP) is -2.10. The monoisotopic (exact) mass is 370 g/mol. The van der Waals surface area contributed by atoms with Gasteiger partial charge < -0.3 is 35.2 Å². The molecule has 21 heavy (non-hydrogen) atoms. The van der Waals surface area contributed by atoms with E-state index in [1.807, 2.05) is 0 Å². The summed E-state index contributed by atoms with van der Waals surface area (Å²) in [5.41, 5.74) is 0. The van der Waals surface area contributed by atoms with Crippen molar-refractivity contribution >= 4 is 22.0 Å². The number of amides is 2. The highest BCUT2D eigenvalue weighted by atomic mass is 79.9. The number of carbonyl (C=O) groups is 1. The smallest absolute Gasteiger partial charge is 0.323 e. The van der Waals surface area contributed by atoms with Crippen molar-refractivity contribution in [3.63, 3.8) is 0 Å². The fourth-order valence-electron chi connectivity index (χ4n) is 2.55. The van der Waals surface area contributed by atoms with Crippen LogP contribution < -0.4 is 5.32 Å². The normalized spacial score (nSPS) is 47.6. The summed E-state index contributed by atoms with van der Waals surface area (Å²) in [6, 6.07) is -0.721. The van der Waals surface area contributed by atoms with Gasteiger partial charge in [-0.05, 0) is 6.92 Å². The van der Waals surface area contributed by atoms with E-state index < -0.39 is 54.0 Å². The number of rotatable bonds is 3. The van der Waals surface area contributed by atoms with Crippen LogP contribution in [0.15, 0.2) is 0 Å². The first-order chi connectivity index (χ1) is 9.75. The molecule has 122 valence electrons. The summed E-state index contributed by atoms with van der Waals surface area (Å²) in [6.45, 7) is 1.09. The lowest BCUT2D eigenvalue weighted by Crippen LogP contribution is -2.72. The second-order valence-corrected chi connectivity index (χ2v) is 6.94. The quantitative estimate of drug-likeness (QED) is 0.359. The van der Waals surface area contributed by atoms with Crippen molar-refractivity contribution in [1.82, 2.24) is 10.2 Å². The van der Waals surface area contributed by atoms with Gasteiger partial charge in [0.15, 0.2) is 12.5 Å². The Bertz CT molecular complexity index is 410. The van der Waals surface area contributed by atoms with Crippen LogP contribution in [0, 0.1) is 0 Å². The molecule has 2 aliphatic rings. The number of hydrogen-bond acceptors (Lipinski definition) is 7. The molecule has 2 rings (SSSR count). The van der Waals surface area contributed by atoms with Crippen molar-refractivity contribution in [2.75, 3.05) is 13.7 Å². The van der Waals surface area contributed by atoms with Crippen LogP contribution in [-0.2, 0) is 9.47 Å². The minimum atomic E-state index is -1.41. The minimum Gasteiger partial charge on any atom is -0.394 e. The molecule has 2 fully saturated rings. The van der Waals surface area contributed by atoms with E-state index in [9.17, 15) is 20.1 Å². The molecule has 2 saturated heterocycles. The maximum absolute atomic E-state index is 12.1. The number of hydrogen-bond donors (Lipinski definition) is 5. The molecule has 0 aromatic heterocycles. The molecule has 0 aliphatic carbocycles. The van der Waals surface area contributed by atoms with Crippen molar-refractivity contribution in [2.24, 2.45) is 0 Å². The highest BCUT2D eigenvalue weighted by molar-refractivity contribution is 9.10. The largest absolute Gasteiger partial charge is 0.394 e. The number of urea groups is 1. The van der Waals surface area contributed by atoms with Crippen LogP contribution in [0.5, 0.6) is 0 Å². The third kappa shape index (κ3) is 2.65. The number of aliphatic hydroxyl groups is 4. The second-order valence-electron chi connectivity index (χ2n) is 5.23. The molecule has 0 radical (unpaired) electrons. The van der Waals surface area contributed by atoms with Crippen molar-refractivity contribution in [1.29, 1.82) is 0 Å². The third-order valence-electron chi connectivity index (χ3n) is 3.78. The zero-order valence-electron chi connectivity index (χ0n) is 11.5. The van der Waals surface area contributed by atoms with Crippen molar-refractivity contribution in [3.05, 3.63) is 0 Å². The number of ether oxygens (including phenoxy) is 2. The van der Waals surface area contributed by atoms with E-state index in [-0.39, 0.29) is 0 Å². The number of aliphatic hydroxyl groups excluding tert-OH is 4. The van der Waals surface area contributed by atoms with Gasteiger partial charge in [0, 0.05) is 7.11 Å². The molecule has 7 atom stereocenters. The van der Waals surface area contributed by atoms with Gasteiger partial charge in [0.1, 0.15) is 28.9 Å². The van der Waals surface area contributed by atoms with Crippen molar-refractivity contribution in [2.45, 2.75) is 48.2 Å². The molecule has 2 amide bonds. The Balaban J connectivity index is 2.30. The van der Waals surface area contributed by atoms with E-state index in [4.69, 9.17) is 14.6 Å². The van der Waals surface area contributed by atoms with Gasteiger partial charge in [0.2, 0.25) is 0 Å². The van der Waals surface area contributed by atoms with Crippen LogP contribution in [0.1, 0.15) is 6.92 Å². The Labute approximate surface area is 129 Å². The van der Waals surface area contributed by atoms with Gasteiger partial charge in [-0.2, -0.15) is 0 Å². The van der Waals surface area contributed by atoms with Gasteiger partial charge in [0.25, 0.3) is 0 Å². The van der Waals surface area contributed by atoms with E-state index in [0.717, 1.165) is 4.90 Å². The number of methoxy groups -OCH3 is 1. The molecule has 0 spiro atoms. The van der Waals surface area contributed by atoms with Crippen molar-refractivity contribution in [3.8, 4) is 0 Å². The Morgan fingerprint density at radius 1 is 1.43 bits per heavy atom. The predicted molar refractivity (Wildman–Crippen MR) is 72.3 cm³/mol. The average molecular weight is 371 g/mol. The van der Waals surface area contributed by atoms with Gasteiger partial charge >= 0.3 is 6.03 Å². The minimum absolute atomic E-state index is 0.504. The molecular formula is C11H19BrN2O7. The highest BCUT2D eigenvalue weighted by Crippen LogP contribution is 2.37. The average Bonchev–Trinajstić information content (AvgIpc) is 2.70. The Morgan fingerprint density at radius 3 is 2.52 bits per heavy atom. The van der Waals surface area contributed by atoms with E-state index in [1.165, 1.54) is 7.11 Å². The maximum atomic E-state index is 12.1. The molecule has 0 aromatic rings. The third-order valence-corrected chi connectivity index (χ3v) is 4.60. The van der Waals surface area contributed by atoms with E-state index in [1.54, 1.807) is 6.92 Å². The molecule has 4 unspecified atom stereocenters. The zero-order chi connectivity index (χ0) is 15.9. The summed E-state index contributed by atoms with van der Waals surface area (Å²) in [7, 11) is 1.34. The zero-order valence-corrected chi connectivity index (χ0v) is 13.1. The second kappa shape index (κ2) is 5.95. The van der Waals surface area contributed by atoms with Crippen LogP contribution in [0.25, 0.3) is 0 Å². The standard InChI is InChI=1S/C11H19BrN2O7/c1-11(12)8(18)13-10(19)14(9(11)20-2)7-6(17)5(16)4(3-15)21-7/h4-9,15-18H,3H2,1-2H3,(H,13,19)/t4-,5?,6?,7-,8?,9-,11?/m1/s1. The lowest BCUT2D eigenvalue weighted by Gasteiger charge is -2.48. The summed E-state index contributed by atoms with van der Waals surface area (Å²) in [4.78, 5) is 13.2. The molecule has 0 saturated carbocycles. The number of carbonyl (C=O) groups excluding carboxylic acids is 1. The van der Waals surface area contributed by atoms with Gasteiger partial charge in [-0.15, -0.1) is 0 Å². The summed E-state index contributed by atoms with van der Waals surface area (Å²) in [6.07, 6.45) is -7.16. The van der Waals surface area contributed by atoms with Crippen LogP contribution in [-0.4, -0.2) is 86.4 Å². The summed E-state index contributed by atoms with van der Waals surface area (Å²) in [5, 5.41) is 41.2. The SMILES string of the molecule is CO[C@H]1N([C@@H]2O[C@H](CO)C(O)C2O)C(=O)NC(O)C1(C)Br. The summed E-state index contributed by atoms with van der Waals surface area (Å²) < 4.78 is 9.52. The molecule has 5 N–H and O–H groups in total. The molecule has 0 bridgehead atoms. The van der Waals surface area contributed by atoms with E-state index in [2.05, 4.69) is 21.2 Å². The summed E-state index contributed by atoms with van der Waals surface area (Å²) in [5.74, 6) is 0. The number of alkyl halides is 1. The van der Waals surface area contributed by atoms with E-state index >= 15 is 0 Å². The molecule has 9 nitrogen and oxygen atoms in total. The Hall–Kier alpha value is -0.490. The molecule has 2 aliphatic heterocycles. The molecule has 2 heterocycles. The lowest BCUT2D eigenvalue weighted by molar-refractivity contribution is -0.170. The van der Waals surface area contributed by atoms with Crippen molar-refractivity contribution < 1.29 is 34.7 Å². The van der Waals surface area contributed by atoms with Gasteiger partial charge in [0.05, 0.1) is 6.61 Å².